The molecule has 122 valence electrons. The summed E-state index contributed by atoms with van der Waals surface area (Å²) in [4.78, 5) is 18.3. The zero-order valence-corrected chi connectivity index (χ0v) is 13.2. The summed E-state index contributed by atoms with van der Waals surface area (Å²) in [7, 11) is 1.67. The van der Waals surface area contributed by atoms with Crippen LogP contribution in [0, 0.1) is 0 Å². The molecule has 0 unspecified atom stereocenters. The Kier molecular flexibility index (Phi) is 3.60. The third-order valence-corrected chi connectivity index (χ3v) is 3.93. The van der Waals surface area contributed by atoms with Crippen molar-refractivity contribution >= 4 is 5.91 Å². The van der Waals surface area contributed by atoms with Gasteiger partial charge in [-0.15, -0.1) is 0 Å². The molecule has 1 aromatic carbocycles. The lowest BCUT2D eigenvalue weighted by Gasteiger charge is -2.12. The lowest BCUT2D eigenvalue weighted by molar-refractivity contribution is 0.0759. The minimum absolute atomic E-state index is 0.242. The molecule has 1 saturated carbocycles. The Morgan fingerprint density at radius 1 is 1.21 bits per heavy atom. The van der Waals surface area contributed by atoms with E-state index in [2.05, 4.69) is 15.3 Å². The Morgan fingerprint density at radius 3 is 2.75 bits per heavy atom. The summed E-state index contributed by atoms with van der Waals surface area (Å²) in [6.07, 6.45) is 2.21. The molecule has 24 heavy (non-hydrogen) atoms. The van der Waals surface area contributed by atoms with Crippen LogP contribution >= 0.6 is 0 Å². The van der Waals surface area contributed by atoms with E-state index in [-0.39, 0.29) is 18.1 Å². The van der Waals surface area contributed by atoms with Crippen molar-refractivity contribution in [2.75, 3.05) is 7.05 Å². The van der Waals surface area contributed by atoms with Crippen molar-refractivity contribution in [2.24, 2.45) is 0 Å². The van der Waals surface area contributed by atoms with Crippen molar-refractivity contribution in [2.45, 2.75) is 25.3 Å². The molecule has 0 bridgehead atoms. The van der Waals surface area contributed by atoms with Crippen LogP contribution in [0.3, 0.4) is 0 Å². The zero-order valence-electron chi connectivity index (χ0n) is 13.2. The van der Waals surface area contributed by atoms with E-state index in [4.69, 9.17) is 9.05 Å². The van der Waals surface area contributed by atoms with Crippen LogP contribution in [0.5, 0.6) is 0 Å². The van der Waals surface area contributed by atoms with E-state index in [1.165, 1.54) is 4.90 Å². The molecule has 1 fully saturated rings. The molecular formula is C17H16N4O3. The fourth-order valence-electron chi connectivity index (χ4n) is 2.42. The molecule has 3 aromatic rings. The molecule has 0 atom stereocenters. The lowest BCUT2D eigenvalue weighted by Crippen LogP contribution is -2.26. The second-order valence-corrected chi connectivity index (χ2v) is 5.92. The maximum atomic E-state index is 12.5. The second kappa shape index (κ2) is 5.92. The number of nitrogens with zero attached hydrogens (tertiary/aromatic N) is 4. The van der Waals surface area contributed by atoms with Gasteiger partial charge in [0.15, 0.2) is 17.3 Å². The maximum absolute atomic E-state index is 12.5. The molecule has 0 radical (unpaired) electrons. The van der Waals surface area contributed by atoms with Gasteiger partial charge < -0.3 is 13.9 Å². The maximum Gasteiger partial charge on any atom is 0.276 e. The molecule has 2 heterocycles. The van der Waals surface area contributed by atoms with Gasteiger partial charge in [0.2, 0.25) is 5.89 Å². The summed E-state index contributed by atoms with van der Waals surface area (Å²) >= 11 is 0. The quantitative estimate of drug-likeness (QED) is 0.717. The minimum Gasteiger partial charge on any atom is -0.355 e. The summed E-state index contributed by atoms with van der Waals surface area (Å²) in [6, 6.07) is 11.2. The molecule has 0 saturated heterocycles. The van der Waals surface area contributed by atoms with Crippen LogP contribution in [0.2, 0.25) is 0 Å². The van der Waals surface area contributed by atoms with Crippen LogP contribution in [0.4, 0.5) is 0 Å². The van der Waals surface area contributed by atoms with Crippen LogP contribution in [0.25, 0.3) is 11.3 Å². The molecule has 0 aliphatic heterocycles. The lowest BCUT2D eigenvalue weighted by atomic mass is 10.1. The zero-order chi connectivity index (χ0) is 16.5. The first-order chi connectivity index (χ1) is 11.7. The van der Waals surface area contributed by atoms with Crippen molar-refractivity contribution in [1.82, 2.24) is 20.2 Å². The highest BCUT2D eigenvalue weighted by molar-refractivity contribution is 5.92. The third-order valence-electron chi connectivity index (χ3n) is 3.93. The topological polar surface area (TPSA) is 85.3 Å². The fraction of sp³-hybridized carbons (Fsp3) is 0.294. The number of amides is 1. The Balaban J connectivity index is 1.45. The monoisotopic (exact) mass is 324 g/mol. The van der Waals surface area contributed by atoms with Gasteiger partial charge in [0.25, 0.3) is 5.91 Å². The summed E-state index contributed by atoms with van der Waals surface area (Å²) in [5, 5.41) is 7.81. The van der Waals surface area contributed by atoms with E-state index in [1.54, 1.807) is 13.1 Å². The first kappa shape index (κ1) is 14.6. The summed E-state index contributed by atoms with van der Waals surface area (Å²) in [5.41, 5.74) is 1.12. The van der Waals surface area contributed by atoms with Gasteiger partial charge in [-0.2, -0.15) is 4.98 Å². The molecule has 7 heteroatoms. The van der Waals surface area contributed by atoms with Gasteiger partial charge >= 0.3 is 0 Å². The van der Waals surface area contributed by atoms with Gasteiger partial charge in [0, 0.05) is 24.6 Å². The van der Waals surface area contributed by atoms with Gasteiger partial charge in [0.1, 0.15) is 6.54 Å². The standard InChI is InChI=1S/C17H16N4O3/c1-21(10-15-18-16(20-24-15)12-7-8-12)17(22)13-9-14(23-19-13)11-5-3-2-4-6-11/h2-6,9,12H,7-8,10H2,1H3. The Labute approximate surface area is 138 Å². The number of rotatable bonds is 5. The van der Waals surface area contributed by atoms with E-state index in [1.807, 2.05) is 30.3 Å². The smallest absolute Gasteiger partial charge is 0.276 e. The van der Waals surface area contributed by atoms with Gasteiger partial charge in [0.05, 0.1) is 0 Å². The molecule has 7 nitrogen and oxygen atoms in total. The number of carbonyl (C=O) groups is 1. The van der Waals surface area contributed by atoms with Crippen LogP contribution in [-0.4, -0.2) is 33.2 Å². The van der Waals surface area contributed by atoms with Crippen molar-refractivity contribution < 1.29 is 13.8 Å². The van der Waals surface area contributed by atoms with Crippen molar-refractivity contribution in [3.05, 3.63) is 53.8 Å². The molecule has 2 aromatic heterocycles. The first-order valence-corrected chi connectivity index (χ1v) is 7.81. The summed E-state index contributed by atoms with van der Waals surface area (Å²) in [5.74, 6) is 1.89. The predicted molar refractivity (Wildman–Crippen MR) is 84.0 cm³/mol. The minimum atomic E-state index is -0.257. The first-order valence-electron chi connectivity index (χ1n) is 7.81. The number of carbonyl (C=O) groups excluding carboxylic acids is 1. The highest BCUT2D eigenvalue weighted by Crippen LogP contribution is 2.38. The van der Waals surface area contributed by atoms with Crippen LogP contribution < -0.4 is 0 Å². The largest absolute Gasteiger partial charge is 0.355 e. The highest BCUT2D eigenvalue weighted by atomic mass is 16.5. The van der Waals surface area contributed by atoms with Gasteiger partial charge in [-0.1, -0.05) is 40.6 Å². The second-order valence-electron chi connectivity index (χ2n) is 5.92. The molecule has 1 aliphatic rings. The molecule has 0 spiro atoms. The van der Waals surface area contributed by atoms with Crippen molar-refractivity contribution in [3.63, 3.8) is 0 Å². The fourth-order valence-corrected chi connectivity index (χ4v) is 2.42. The van der Waals surface area contributed by atoms with Crippen LogP contribution in [-0.2, 0) is 6.54 Å². The van der Waals surface area contributed by atoms with E-state index in [0.29, 0.717) is 17.6 Å². The molecule has 0 N–H and O–H groups in total. The van der Waals surface area contributed by atoms with E-state index >= 15 is 0 Å². The van der Waals surface area contributed by atoms with Gasteiger partial charge in [-0.05, 0) is 12.8 Å². The van der Waals surface area contributed by atoms with Crippen molar-refractivity contribution in [1.29, 1.82) is 0 Å². The summed E-state index contributed by atoms with van der Waals surface area (Å²) < 4.78 is 10.5. The number of aromatic nitrogens is 3. The third kappa shape index (κ3) is 2.92. The summed E-state index contributed by atoms with van der Waals surface area (Å²) in [6.45, 7) is 0.242. The molecular weight excluding hydrogens is 308 g/mol. The predicted octanol–water partition coefficient (Wildman–Crippen LogP) is 2.87. The highest BCUT2D eigenvalue weighted by Gasteiger charge is 2.29. The van der Waals surface area contributed by atoms with Crippen molar-refractivity contribution in [3.8, 4) is 11.3 Å². The van der Waals surface area contributed by atoms with E-state index < -0.39 is 0 Å². The average molecular weight is 324 g/mol. The van der Waals surface area contributed by atoms with Gasteiger partial charge in [-0.25, -0.2) is 0 Å². The van der Waals surface area contributed by atoms with Gasteiger partial charge in [-0.3, -0.25) is 4.79 Å². The van der Waals surface area contributed by atoms with E-state index in [9.17, 15) is 4.79 Å². The Hall–Kier alpha value is -2.96. The SMILES string of the molecule is CN(Cc1nc(C2CC2)no1)C(=O)c1cc(-c2ccccc2)on1. The Morgan fingerprint density at radius 2 is 2.00 bits per heavy atom. The van der Waals surface area contributed by atoms with Crippen LogP contribution in [0.1, 0.15) is 41.0 Å². The average Bonchev–Trinajstić information content (AvgIpc) is 3.16. The Bertz CT molecular complexity index is 852. The normalized spacial score (nSPS) is 13.9. The molecule has 1 amide bonds. The van der Waals surface area contributed by atoms with E-state index in [0.717, 1.165) is 24.2 Å². The molecule has 1 aliphatic carbocycles. The number of hydrogen-bond acceptors (Lipinski definition) is 6. The molecule has 4 rings (SSSR count). The number of benzene rings is 1. The van der Waals surface area contributed by atoms with Crippen LogP contribution in [0.15, 0.2) is 45.4 Å². The number of hydrogen-bond donors (Lipinski definition) is 0.